The summed E-state index contributed by atoms with van der Waals surface area (Å²) >= 11 is 0. The Labute approximate surface area is 130 Å². The van der Waals surface area contributed by atoms with Crippen LogP contribution in [0.2, 0.25) is 0 Å². The van der Waals surface area contributed by atoms with Crippen molar-refractivity contribution in [3.8, 4) is 0 Å². The third-order valence-corrected chi connectivity index (χ3v) is 4.15. The van der Waals surface area contributed by atoms with Crippen molar-refractivity contribution in [2.45, 2.75) is 25.2 Å². The maximum absolute atomic E-state index is 12.3. The third-order valence-electron chi connectivity index (χ3n) is 3.26. The number of anilines is 1. The van der Waals surface area contributed by atoms with Crippen LogP contribution in [0.4, 0.5) is 5.69 Å². The lowest BCUT2D eigenvalue weighted by molar-refractivity contribution is 0.102. The number of sulfonamides is 1. The highest BCUT2D eigenvalue weighted by Crippen LogP contribution is 2.16. The van der Waals surface area contributed by atoms with Crippen LogP contribution < -0.4 is 10.5 Å². The Morgan fingerprint density at radius 2 is 1.77 bits per heavy atom. The van der Waals surface area contributed by atoms with E-state index in [4.69, 9.17) is 5.14 Å². The van der Waals surface area contributed by atoms with Crippen molar-refractivity contribution < 1.29 is 13.2 Å². The largest absolute Gasteiger partial charge is 0.322 e. The van der Waals surface area contributed by atoms with Crippen LogP contribution in [0.5, 0.6) is 0 Å². The molecule has 0 bridgehead atoms. The van der Waals surface area contributed by atoms with E-state index in [1.54, 1.807) is 13.0 Å². The minimum atomic E-state index is -3.84. The summed E-state index contributed by atoms with van der Waals surface area (Å²) in [5.41, 5.74) is 2.73. The van der Waals surface area contributed by atoms with Crippen molar-refractivity contribution in [3.05, 3.63) is 59.2 Å². The molecule has 6 heteroatoms. The zero-order valence-electron chi connectivity index (χ0n) is 12.5. The second-order valence-corrected chi connectivity index (χ2v) is 6.65. The van der Waals surface area contributed by atoms with Crippen molar-refractivity contribution in [1.29, 1.82) is 0 Å². The molecule has 0 saturated heterocycles. The number of amides is 1. The highest BCUT2D eigenvalue weighted by atomic mass is 32.2. The lowest BCUT2D eigenvalue weighted by Crippen LogP contribution is -2.16. The first-order valence-corrected chi connectivity index (χ1v) is 8.39. The van der Waals surface area contributed by atoms with Crippen molar-refractivity contribution in [2.75, 3.05) is 5.32 Å². The van der Waals surface area contributed by atoms with E-state index in [-0.39, 0.29) is 16.4 Å². The average Bonchev–Trinajstić information content (AvgIpc) is 2.46. The number of aryl methyl sites for hydroxylation is 2. The first kappa shape index (κ1) is 16.2. The van der Waals surface area contributed by atoms with Gasteiger partial charge >= 0.3 is 0 Å². The molecule has 2 rings (SSSR count). The first-order valence-electron chi connectivity index (χ1n) is 6.84. The normalized spacial score (nSPS) is 11.2. The molecule has 2 aromatic carbocycles. The van der Waals surface area contributed by atoms with Crippen LogP contribution in [0.1, 0.15) is 28.4 Å². The summed E-state index contributed by atoms with van der Waals surface area (Å²) in [7, 11) is -3.84. The Kier molecular flexibility index (Phi) is 4.63. The van der Waals surface area contributed by atoms with E-state index in [1.807, 2.05) is 24.3 Å². The molecule has 3 N–H and O–H groups in total. The maximum atomic E-state index is 12.3. The molecule has 2 aromatic rings. The number of carbonyl (C=O) groups is 1. The summed E-state index contributed by atoms with van der Waals surface area (Å²) in [6.45, 7) is 3.76. The van der Waals surface area contributed by atoms with Crippen LogP contribution >= 0.6 is 0 Å². The molecule has 0 aliphatic heterocycles. The van der Waals surface area contributed by atoms with Gasteiger partial charge < -0.3 is 5.32 Å². The SMILES string of the molecule is CCc1ccc(NC(=O)c2cc(C)cc(S(N)(=O)=O)c2)cc1. The highest BCUT2D eigenvalue weighted by molar-refractivity contribution is 7.89. The van der Waals surface area contributed by atoms with E-state index in [1.165, 1.54) is 17.7 Å². The average molecular weight is 318 g/mol. The van der Waals surface area contributed by atoms with Crippen LogP contribution in [0.25, 0.3) is 0 Å². The van der Waals surface area contributed by atoms with Crippen molar-refractivity contribution in [1.82, 2.24) is 0 Å². The Balaban J connectivity index is 2.27. The number of benzene rings is 2. The number of primary sulfonamides is 1. The molecule has 0 aromatic heterocycles. The van der Waals surface area contributed by atoms with Gasteiger partial charge in [0.05, 0.1) is 4.90 Å². The molecule has 0 aliphatic carbocycles. The molecule has 0 spiro atoms. The number of nitrogens with one attached hydrogen (secondary N) is 1. The smallest absolute Gasteiger partial charge is 0.255 e. The van der Waals surface area contributed by atoms with Crippen LogP contribution in [0.15, 0.2) is 47.4 Å². The number of nitrogens with two attached hydrogens (primary N) is 1. The monoisotopic (exact) mass is 318 g/mol. The topological polar surface area (TPSA) is 89.3 Å². The lowest BCUT2D eigenvalue weighted by atomic mass is 10.1. The summed E-state index contributed by atoms with van der Waals surface area (Å²) in [5, 5.41) is 7.86. The zero-order valence-corrected chi connectivity index (χ0v) is 13.3. The fourth-order valence-corrected chi connectivity index (χ4v) is 2.71. The Hall–Kier alpha value is -2.18. The van der Waals surface area contributed by atoms with E-state index in [0.717, 1.165) is 6.42 Å². The predicted molar refractivity (Wildman–Crippen MR) is 86.3 cm³/mol. The van der Waals surface area contributed by atoms with Gasteiger partial charge in [0.25, 0.3) is 5.91 Å². The van der Waals surface area contributed by atoms with E-state index >= 15 is 0 Å². The van der Waals surface area contributed by atoms with Crippen LogP contribution in [0, 0.1) is 6.92 Å². The van der Waals surface area contributed by atoms with Gasteiger partial charge in [-0.2, -0.15) is 0 Å². The fourth-order valence-electron chi connectivity index (χ4n) is 2.07. The summed E-state index contributed by atoms with van der Waals surface area (Å²) in [4.78, 5) is 12.2. The van der Waals surface area contributed by atoms with Gasteiger partial charge in [-0.05, 0) is 54.8 Å². The van der Waals surface area contributed by atoms with Crippen molar-refractivity contribution in [2.24, 2.45) is 5.14 Å². The van der Waals surface area contributed by atoms with Gasteiger partial charge in [0, 0.05) is 11.3 Å². The molecule has 0 radical (unpaired) electrons. The summed E-state index contributed by atoms with van der Waals surface area (Å²) in [5.74, 6) is -0.377. The minimum Gasteiger partial charge on any atom is -0.322 e. The molecule has 116 valence electrons. The zero-order chi connectivity index (χ0) is 16.3. The summed E-state index contributed by atoms with van der Waals surface area (Å²) < 4.78 is 22.9. The van der Waals surface area contributed by atoms with Crippen LogP contribution in [-0.4, -0.2) is 14.3 Å². The predicted octanol–water partition coefficient (Wildman–Crippen LogP) is 2.46. The van der Waals surface area contributed by atoms with Gasteiger partial charge in [0.15, 0.2) is 0 Å². The van der Waals surface area contributed by atoms with Gasteiger partial charge in [-0.1, -0.05) is 19.1 Å². The van der Waals surface area contributed by atoms with Gasteiger partial charge in [0.2, 0.25) is 10.0 Å². The van der Waals surface area contributed by atoms with Crippen LogP contribution in [-0.2, 0) is 16.4 Å². The molecule has 5 nitrogen and oxygen atoms in total. The molecule has 0 heterocycles. The Morgan fingerprint density at radius 3 is 2.32 bits per heavy atom. The van der Waals surface area contributed by atoms with E-state index in [0.29, 0.717) is 11.3 Å². The Bertz CT molecular complexity index is 797. The van der Waals surface area contributed by atoms with E-state index < -0.39 is 10.0 Å². The van der Waals surface area contributed by atoms with Crippen LogP contribution in [0.3, 0.4) is 0 Å². The molecule has 0 unspecified atom stereocenters. The van der Waals surface area contributed by atoms with Crippen molar-refractivity contribution >= 4 is 21.6 Å². The van der Waals surface area contributed by atoms with Crippen molar-refractivity contribution in [3.63, 3.8) is 0 Å². The minimum absolute atomic E-state index is 0.0704. The first-order chi connectivity index (χ1) is 10.3. The highest BCUT2D eigenvalue weighted by Gasteiger charge is 2.13. The lowest BCUT2D eigenvalue weighted by Gasteiger charge is -2.08. The number of rotatable bonds is 4. The number of hydrogen-bond donors (Lipinski definition) is 2. The second-order valence-electron chi connectivity index (χ2n) is 5.08. The molecular formula is C16H18N2O3S. The van der Waals surface area contributed by atoms with Gasteiger partial charge in [-0.15, -0.1) is 0 Å². The molecule has 0 aliphatic rings. The van der Waals surface area contributed by atoms with E-state index in [2.05, 4.69) is 12.2 Å². The number of carbonyl (C=O) groups excluding carboxylic acids is 1. The number of hydrogen-bond acceptors (Lipinski definition) is 3. The molecule has 0 atom stereocenters. The summed E-state index contributed by atoms with van der Waals surface area (Å²) in [6, 6.07) is 11.8. The molecular weight excluding hydrogens is 300 g/mol. The second kappa shape index (κ2) is 6.29. The van der Waals surface area contributed by atoms with E-state index in [9.17, 15) is 13.2 Å². The molecule has 22 heavy (non-hydrogen) atoms. The quantitative estimate of drug-likeness (QED) is 0.907. The molecule has 0 fully saturated rings. The standard InChI is InChI=1S/C16H18N2O3S/c1-3-12-4-6-14(7-5-12)18-16(19)13-8-11(2)9-15(10-13)22(17,20)21/h4-10H,3H2,1-2H3,(H,18,19)(H2,17,20,21). The molecule has 1 amide bonds. The molecule has 0 saturated carbocycles. The third kappa shape index (κ3) is 3.93. The summed E-state index contributed by atoms with van der Waals surface area (Å²) in [6.07, 6.45) is 0.920. The Morgan fingerprint density at radius 1 is 1.14 bits per heavy atom. The fraction of sp³-hybridized carbons (Fsp3) is 0.188. The van der Waals surface area contributed by atoms with Gasteiger partial charge in [-0.25, -0.2) is 13.6 Å². The van der Waals surface area contributed by atoms with Gasteiger partial charge in [0.1, 0.15) is 0 Å². The van der Waals surface area contributed by atoms with Gasteiger partial charge in [-0.3, -0.25) is 4.79 Å². The maximum Gasteiger partial charge on any atom is 0.255 e.